The van der Waals surface area contributed by atoms with Crippen LogP contribution in [0.2, 0.25) is 0 Å². The number of esters is 2. The van der Waals surface area contributed by atoms with Gasteiger partial charge in [0, 0.05) is 30.6 Å². The van der Waals surface area contributed by atoms with Gasteiger partial charge in [0.2, 0.25) is 23.6 Å². The largest absolute Gasteiger partial charge is 0.467 e. The fourth-order valence-electron chi connectivity index (χ4n) is 13.4. The number of thiocarbonyl (C=S) groups is 2. The van der Waals surface area contributed by atoms with Crippen molar-refractivity contribution >= 4 is 119 Å². The van der Waals surface area contributed by atoms with Gasteiger partial charge in [-0.3, -0.25) is 19.2 Å². The zero-order valence-corrected chi connectivity index (χ0v) is 56.0. The number of isothiocyanates is 1. The third kappa shape index (κ3) is 15.6. The number of amides is 5. The van der Waals surface area contributed by atoms with Gasteiger partial charge in [-0.15, -0.1) is 4.99 Å². The second-order valence-corrected chi connectivity index (χ2v) is 27.3. The Morgan fingerprint density at radius 3 is 1.63 bits per heavy atom. The fourth-order valence-corrected chi connectivity index (χ4v) is 15.4. The number of carbonyl (C=O) groups is 7. The molecule has 2 aromatic heterocycles. The Morgan fingerprint density at radius 1 is 0.674 bits per heavy atom. The normalized spacial score (nSPS) is 27.1. The van der Waals surface area contributed by atoms with Crippen molar-refractivity contribution in [2.75, 3.05) is 33.9 Å². The monoisotopic (exact) mass is 1360 g/mol. The number of methoxy groups -OCH3 is 2. The maximum atomic E-state index is 13.8. The highest BCUT2D eigenvalue weighted by molar-refractivity contribution is 7.80. The SMILES string of the molecule is COC(=O)[C@@]12C[C@H]1/C=C\CCCCC[C@H](N)C(=O)N1C[C@H](Oc3nc4ccccc4s3)C[C@H]1C(=O)N2.COC(=O)[C@@]12C[C@H]1/C=C\CCCCC[C@H](NC(N)=S)C(=O)N1C[C@H](Oc3nc4ccccc4s3)C[C@H]1C(=O)N2.O=C(N=C=S)OCC1c2ccccc2-c2ccccc21. The van der Waals surface area contributed by atoms with Gasteiger partial charge < -0.3 is 60.9 Å². The molecule has 0 spiro atoms. The van der Waals surface area contributed by atoms with Crippen LogP contribution in [0.1, 0.15) is 107 Å². The van der Waals surface area contributed by atoms with Crippen molar-refractivity contribution in [3.8, 4) is 21.5 Å². The molecule has 10 atom stereocenters. The van der Waals surface area contributed by atoms with Crippen LogP contribution < -0.4 is 36.9 Å². The summed E-state index contributed by atoms with van der Waals surface area (Å²) in [5, 5.41) is 11.8. The van der Waals surface area contributed by atoms with Crippen molar-refractivity contribution in [3.05, 3.63) is 132 Å². The summed E-state index contributed by atoms with van der Waals surface area (Å²) in [6, 6.07) is 28.8. The van der Waals surface area contributed by atoms with E-state index in [0.29, 0.717) is 36.1 Å². The van der Waals surface area contributed by atoms with E-state index in [0.717, 1.165) is 71.8 Å². The molecule has 0 radical (unpaired) electrons. The number of thiazole rings is 2. The van der Waals surface area contributed by atoms with E-state index in [9.17, 15) is 33.6 Å². The number of aromatic nitrogens is 2. The molecule has 4 aliphatic heterocycles. The predicted octanol–water partition coefficient (Wildman–Crippen LogP) is 8.99. The topological polar surface area (TPSA) is 298 Å². The van der Waals surface area contributed by atoms with Gasteiger partial charge >= 0.3 is 18.0 Å². The molecule has 13 rings (SSSR count). The van der Waals surface area contributed by atoms with E-state index in [-0.39, 0.29) is 73.1 Å². The summed E-state index contributed by atoms with van der Waals surface area (Å²) >= 11 is 12.3. The minimum Gasteiger partial charge on any atom is -0.467 e. The summed E-state index contributed by atoms with van der Waals surface area (Å²) < 4.78 is 29.6. The van der Waals surface area contributed by atoms with Gasteiger partial charge in [-0.25, -0.2) is 24.4 Å². The Kier molecular flexibility index (Phi) is 21.8. The van der Waals surface area contributed by atoms with Crippen molar-refractivity contribution in [2.24, 2.45) is 28.3 Å². The first-order valence-corrected chi connectivity index (χ1v) is 34.5. The molecule has 22 nitrogen and oxygen atoms in total. The van der Waals surface area contributed by atoms with Crippen LogP contribution in [0, 0.1) is 11.8 Å². The van der Waals surface area contributed by atoms with Gasteiger partial charge in [0.15, 0.2) is 5.11 Å². The number of aliphatic imine (C=N–C) groups is 1. The molecule has 0 unspecified atom stereocenters. The first-order valence-electron chi connectivity index (χ1n) is 32.1. The van der Waals surface area contributed by atoms with E-state index in [1.54, 1.807) is 0 Å². The quantitative estimate of drug-likeness (QED) is 0.0296. The Labute approximate surface area is 568 Å². The molecule has 498 valence electrons. The van der Waals surface area contributed by atoms with Gasteiger partial charge in [-0.1, -0.05) is 145 Å². The Hall–Kier alpha value is -8.52. The van der Waals surface area contributed by atoms with Crippen LogP contribution in [-0.2, 0) is 43.0 Å². The van der Waals surface area contributed by atoms with E-state index < -0.39 is 71.4 Å². The number of fused-ring (bicyclic) bond motifs is 9. The smallest absolute Gasteiger partial charge is 0.442 e. The number of benzene rings is 4. The number of allylic oxidation sites excluding steroid dienone is 2. The fraction of sp³-hybridized carbons (Fsp3) is 0.435. The number of carbonyl (C=O) groups excluding carboxylic acids is 7. The Bertz CT molecular complexity index is 3870. The van der Waals surface area contributed by atoms with Gasteiger partial charge in [0.25, 0.3) is 10.4 Å². The molecule has 2 saturated heterocycles. The number of rotatable bonds is 9. The molecule has 7 aliphatic rings. The van der Waals surface area contributed by atoms with Crippen LogP contribution in [0.15, 0.2) is 126 Å². The van der Waals surface area contributed by atoms with Crippen LogP contribution in [0.25, 0.3) is 31.6 Å². The minimum atomic E-state index is -1.13. The lowest BCUT2D eigenvalue weighted by atomic mass is 9.98. The number of para-hydroxylation sites is 2. The van der Waals surface area contributed by atoms with E-state index in [4.69, 9.17) is 47.4 Å². The highest BCUT2D eigenvalue weighted by atomic mass is 32.1. The second-order valence-electron chi connectivity index (χ2n) is 24.7. The lowest BCUT2D eigenvalue weighted by Gasteiger charge is -2.29. The number of nitrogens with zero attached hydrogens (tertiary/aromatic N) is 5. The minimum absolute atomic E-state index is 0.0298. The summed E-state index contributed by atoms with van der Waals surface area (Å²) in [4.78, 5) is 107. The maximum absolute atomic E-state index is 13.8. The first-order chi connectivity index (χ1) is 46.0. The summed E-state index contributed by atoms with van der Waals surface area (Å²) in [6.07, 6.45) is 16.3. The van der Waals surface area contributed by atoms with Crippen LogP contribution >= 0.6 is 47.1 Å². The van der Waals surface area contributed by atoms with Crippen molar-refractivity contribution < 1.29 is 57.2 Å². The van der Waals surface area contributed by atoms with Gasteiger partial charge in [-0.05, 0) is 122 Å². The molecule has 0 bridgehead atoms. The van der Waals surface area contributed by atoms with Crippen molar-refractivity contribution in [1.29, 1.82) is 0 Å². The number of ether oxygens (including phenoxy) is 5. The molecule has 2 saturated carbocycles. The molecule has 4 aromatic carbocycles. The van der Waals surface area contributed by atoms with Crippen LogP contribution in [0.3, 0.4) is 0 Å². The average molecular weight is 1370 g/mol. The molecule has 6 heterocycles. The van der Waals surface area contributed by atoms with Crippen molar-refractivity contribution in [1.82, 2.24) is 35.7 Å². The molecule has 6 aromatic rings. The number of hydrogen-bond acceptors (Lipinski definition) is 19. The lowest BCUT2D eigenvalue weighted by molar-refractivity contribution is -0.148. The third-order valence-electron chi connectivity index (χ3n) is 18.5. The number of hydrogen-bond donors (Lipinski definition) is 5. The van der Waals surface area contributed by atoms with Gasteiger partial charge in [-0.2, -0.15) is 0 Å². The van der Waals surface area contributed by atoms with Crippen LogP contribution in [0.5, 0.6) is 10.4 Å². The zero-order valence-electron chi connectivity index (χ0n) is 52.7. The highest BCUT2D eigenvalue weighted by Gasteiger charge is 2.63. The lowest BCUT2D eigenvalue weighted by Crippen LogP contribution is -2.56. The molecule has 3 aliphatic carbocycles. The molecular weight excluding hydrogens is 1290 g/mol. The van der Waals surface area contributed by atoms with Crippen molar-refractivity contribution in [3.63, 3.8) is 0 Å². The molecular formula is C69H76N10O12S4. The molecule has 4 fully saturated rings. The zero-order chi connectivity index (χ0) is 66.8. The average Bonchev–Trinajstić information content (AvgIpc) is 1.59. The van der Waals surface area contributed by atoms with E-state index in [1.165, 1.54) is 68.9 Å². The molecule has 95 heavy (non-hydrogen) atoms. The highest BCUT2D eigenvalue weighted by Crippen LogP contribution is 2.48. The number of nitrogens with two attached hydrogens (primary N) is 2. The summed E-state index contributed by atoms with van der Waals surface area (Å²) in [7, 11) is 2.64. The summed E-state index contributed by atoms with van der Waals surface area (Å²) in [5.74, 6) is -2.52. The summed E-state index contributed by atoms with van der Waals surface area (Å²) in [6.45, 7) is 0.680. The second kappa shape index (κ2) is 30.5. The van der Waals surface area contributed by atoms with Gasteiger partial charge in [0.05, 0.1) is 58.9 Å². The Morgan fingerprint density at radius 2 is 1.15 bits per heavy atom. The third-order valence-corrected chi connectivity index (χ3v) is 20.6. The van der Waals surface area contributed by atoms with E-state index >= 15 is 0 Å². The van der Waals surface area contributed by atoms with E-state index in [2.05, 4.69) is 79.5 Å². The van der Waals surface area contributed by atoms with E-state index in [1.807, 2.05) is 90.1 Å². The number of nitrogens with one attached hydrogen (secondary N) is 3. The summed E-state index contributed by atoms with van der Waals surface area (Å²) in [5.41, 5.74) is 16.2. The molecule has 26 heteroatoms. The molecule has 5 amide bonds. The maximum Gasteiger partial charge on any atom is 0.442 e. The van der Waals surface area contributed by atoms with Crippen LogP contribution in [-0.4, -0.2) is 153 Å². The van der Waals surface area contributed by atoms with Crippen LogP contribution in [0.4, 0.5) is 4.79 Å². The van der Waals surface area contributed by atoms with Crippen molar-refractivity contribution in [2.45, 2.75) is 143 Å². The van der Waals surface area contributed by atoms with Gasteiger partial charge in [0.1, 0.15) is 48.0 Å². The molecule has 7 N–H and O–H groups in total. The first kappa shape index (κ1) is 67.9. The predicted molar refractivity (Wildman–Crippen MR) is 367 cm³/mol. The standard InChI is InChI=1S/C27H33N5O5S2.C26H32N4O5S.C16H11NO2S/c1-36-24(35)27-14-16(27)9-5-3-2-4-6-11-19(29-25(28)38)23(34)32-15-17(13-20(32)22(33)31-27)37-26-30-18-10-7-8-12-21(18)39-26;1-34-24(33)26-14-16(26)9-5-3-2-4-6-10-18(27)23(32)30-15-17(13-20(30)22(31)29-26)35-25-28-19-11-7-8-12-21(19)36-25;18-16(17-10-20)19-9-15-13-7-3-1-5-11(13)12-6-2-4-8-14(12)15/h5,7-10,12,16-17,19-20H,2-4,6,11,13-15H2,1H3,(H,31,33)(H3,28,29,38);5,7-9,11-12,16-18,20H,2-4,6,10,13-15,27H2,1H3,(H,29,31);1-8,15H,9H2/b2*9-5-;/t16-,17-,19+,20+,27-;16-,17-,18+,20+,26-;/m11./s1. The Balaban J connectivity index is 0.000000152.